The molecule has 0 unspecified atom stereocenters. The molecule has 7 heteroatoms. The summed E-state index contributed by atoms with van der Waals surface area (Å²) in [6.45, 7) is 1.65. The topological polar surface area (TPSA) is 72.2 Å². The minimum absolute atomic E-state index is 0.110. The Morgan fingerprint density at radius 2 is 2.00 bits per heavy atom. The number of halogens is 2. The average molecular weight is 236 g/mol. The Kier molecular flexibility index (Phi) is 3.25. The number of sulfonamides is 1. The second-order valence-electron chi connectivity index (χ2n) is 2.77. The Balaban J connectivity index is 3.34. The minimum Gasteiger partial charge on any atom is -0.394 e. The third-order valence-corrected chi connectivity index (χ3v) is 3.28. The van der Waals surface area contributed by atoms with Gasteiger partial charge in [-0.15, -0.1) is 0 Å². The summed E-state index contributed by atoms with van der Waals surface area (Å²) in [7, 11) is -3.95. The Morgan fingerprint density at radius 3 is 2.53 bits per heavy atom. The van der Waals surface area contributed by atoms with Gasteiger partial charge >= 0.3 is 0 Å². The molecule has 1 aromatic rings. The third kappa shape index (κ3) is 2.24. The van der Waals surface area contributed by atoms with Crippen LogP contribution in [0.3, 0.4) is 0 Å². The van der Waals surface area contributed by atoms with Crippen molar-refractivity contribution in [2.75, 3.05) is 12.3 Å². The summed E-state index contributed by atoms with van der Waals surface area (Å²) in [5.41, 5.74) is 4.24. The van der Waals surface area contributed by atoms with Crippen LogP contribution in [-0.2, 0) is 10.0 Å². The maximum absolute atomic E-state index is 13.3. The minimum atomic E-state index is -3.95. The van der Waals surface area contributed by atoms with E-state index < -0.39 is 32.2 Å². The molecule has 0 saturated carbocycles. The van der Waals surface area contributed by atoms with Gasteiger partial charge in [0.15, 0.2) is 5.82 Å². The van der Waals surface area contributed by atoms with E-state index >= 15 is 0 Å². The van der Waals surface area contributed by atoms with Crippen molar-refractivity contribution in [2.45, 2.75) is 11.8 Å². The normalized spacial score (nSPS) is 11.7. The summed E-state index contributed by atoms with van der Waals surface area (Å²) in [5, 5.41) is 0. The van der Waals surface area contributed by atoms with Gasteiger partial charge in [-0.3, -0.25) is 0 Å². The van der Waals surface area contributed by atoms with Gasteiger partial charge < -0.3 is 5.73 Å². The van der Waals surface area contributed by atoms with Crippen LogP contribution < -0.4 is 10.5 Å². The number of nitrogens with one attached hydrogen (secondary N) is 1. The molecular weight excluding hydrogens is 226 g/mol. The first-order chi connectivity index (χ1) is 6.90. The summed E-state index contributed by atoms with van der Waals surface area (Å²) >= 11 is 0. The number of nitrogen functional groups attached to an aromatic ring is 1. The van der Waals surface area contributed by atoms with Crippen molar-refractivity contribution in [3.8, 4) is 0 Å². The van der Waals surface area contributed by atoms with Crippen molar-refractivity contribution in [3.05, 3.63) is 23.8 Å². The van der Waals surface area contributed by atoms with Crippen LogP contribution in [0.2, 0.25) is 0 Å². The molecule has 4 nitrogen and oxygen atoms in total. The first-order valence-electron chi connectivity index (χ1n) is 4.13. The molecule has 1 aromatic carbocycles. The van der Waals surface area contributed by atoms with Gasteiger partial charge in [0.05, 0.1) is 0 Å². The quantitative estimate of drug-likeness (QED) is 0.764. The molecule has 0 radical (unpaired) electrons. The van der Waals surface area contributed by atoms with E-state index in [1.807, 2.05) is 0 Å². The van der Waals surface area contributed by atoms with Gasteiger partial charge in [0.1, 0.15) is 16.4 Å². The monoisotopic (exact) mass is 236 g/mol. The molecule has 84 valence electrons. The van der Waals surface area contributed by atoms with Crippen molar-refractivity contribution in [1.29, 1.82) is 0 Å². The van der Waals surface area contributed by atoms with Crippen LogP contribution in [0.1, 0.15) is 6.92 Å². The second-order valence-corrected chi connectivity index (χ2v) is 4.51. The number of benzene rings is 1. The average Bonchev–Trinajstić information content (AvgIpc) is 2.13. The summed E-state index contributed by atoms with van der Waals surface area (Å²) in [4.78, 5) is -0.650. The lowest BCUT2D eigenvalue weighted by Crippen LogP contribution is -2.24. The lowest BCUT2D eigenvalue weighted by molar-refractivity contribution is 0.549. The van der Waals surface area contributed by atoms with Crippen LogP contribution in [0.4, 0.5) is 14.5 Å². The van der Waals surface area contributed by atoms with E-state index in [0.29, 0.717) is 0 Å². The summed E-state index contributed by atoms with van der Waals surface area (Å²) in [5.74, 6) is -2.25. The van der Waals surface area contributed by atoms with Crippen LogP contribution in [0, 0.1) is 11.6 Å². The van der Waals surface area contributed by atoms with E-state index in [2.05, 4.69) is 4.72 Å². The molecule has 3 N–H and O–H groups in total. The Bertz CT molecular complexity index is 474. The molecular formula is C8H10F2N2O2S. The Labute approximate surface area is 86.1 Å². The molecule has 0 spiro atoms. The van der Waals surface area contributed by atoms with E-state index in [4.69, 9.17) is 5.73 Å². The highest BCUT2D eigenvalue weighted by Crippen LogP contribution is 2.22. The number of rotatable bonds is 3. The number of hydrogen-bond donors (Lipinski definition) is 2. The Hall–Kier alpha value is -1.21. The fraction of sp³-hybridized carbons (Fsp3) is 0.250. The van der Waals surface area contributed by atoms with Crippen molar-refractivity contribution in [2.24, 2.45) is 0 Å². The van der Waals surface area contributed by atoms with Crippen LogP contribution in [-0.4, -0.2) is 15.0 Å². The number of anilines is 1. The lowest BCUT2D eigenvalue weighted by atomic mass is 10.3. The van der Waals surface area contributed by atoms with Crippen molar-refractivity contribution >= 4 is 15.7 Å². The molecule has 0 aromatic heterocycles. The summed E-state index contributed by atoms with van der Waals surface area (Å²) < 4.78 is 50.9. The van der Waals surface area contributed by atoms with Gasteiger partial charge in [0, 0.05) is 6.54 Å². The highest BCUT2D eigenvalue weighted by molar-refractivity contribution is 7.89. The molecule has 0 fully saturated rings. The van der Waals surface area contributed by atoms with Crippen LogP contribution in [0.5, 0.6) is 0 Å². The molecule has 0 aliphatic carbocycles. The van der Waals surface area contributed by atoms with Crippen LogP contribution >= 0.6 is 0 Å². The smallest absolute Gasteiger partial charge is 0.243 e. The highest BCUT2D eigenvalue weighted by Gasteiger charge is 2.21. The lowest BCUT2D eigenvalue weighted by Gasteiger charge is -2.07. The molecule has 0 atom stereocenters. The van der Waals surface area contributed by atoms with E-state index in [1.165, 1.54) is 0 Å². The number of hydrogen-bond acceptors (Lipinski definition) is 3. The molecule has 0 aliphatic heterocycles. The maximum Gasteiger partial charge on any atom is 0.243 e. The van der Waals surface area contributed by atoms with Crippen molar-refractivity contribution in [3.63, 3.8) is 0 Å². The zero-order valence-electron chi connectivity index (χ0n) is 7.92. The summed E-state index contributed by atoms with van der Waals surface area (Å²) in [6, 6.07) is 1.64. The van der Waals surface area contributed by atoms with Gasteiger partial charge in [-0.2, -0.15) is 0 Å². The van der Waals surface area contributed by atoms with Gasteiger partial charge in [0.25, 0.3) is 0 Å². The van der Waals surface area contributed by atoms with Gasteiger partial charge in [-0.1, -0.05) is 6.92 Å². The zero-order valence-corrected chi connectivity index (χ0v) is 8.74. The molecule has 0 heterocycles. The highest BCUT2D eigenvalue weighted by atomic mass is 32.2. The molecule has 0 amide bonds. The fourth-order valence-electron chi connectivity index (χ4n) is 1.02. The molecule has 0 aliphatic rings. The molecule has 15 heavy (non-hydrogen) atoms. The summed E-state index contributed by atoms with van der Waals surface area (Å²) in [6.07, 6.45) is 0. The molecule has 1 rings (SSSR count). The van der Waals surface area contributed by atoms with Gasteiger partial charge in [-0.25, -0.2) is 21.9 Å². The first kappa shape index (κ1) is 11.9. The maximum atomic E-state index is 13.3. The fourth-order valence-corrected chi connectivity index (χ4v) is 2.15. The van der Waals surface area contributed by atoms with E-state index in [0.717, 1.165) is 12.1 Å². The van der Waals surface area contributed by atoms with E-state index in [9.17, 15) is 17.2 Å². The SMILES string of the molecule is CCNS(=O)(=O)c1ccc(F)c(N)c1F. The largest absolute Gasteiger partial charge is 0.394 e. The Morgan fingerprint density at radius 1 is 1.40 bits per heavy atom. The van der Waals surface area contributed by atoms with Crippen molar-refractivity contribution < 1.29 is 17.2 Å². The van der Waals surface area contributed by atoms with E-state index in [1.54, 1.807) is 6.92 Å². The van der Waals surface area contributed by atoms with Crippen LogP contribution in [0.25, 0.3) is 0 Å². The number of nitrogens with two attached hydrogens (primary N) is 1. The predicted molar refractivity (Wildman–Crippen MR) is 51.6 cm³/mol. The van der Waals surface area contributed by atoms with E-state index in [-0.39, 0.29) is 6.54 Å². The zero-order chi connectivity index (χ0) is 11.6. The predicted octanol–water partition coefficient (Wildman–Crippen LogP) is 0.845. The molecule has 0 bridgehead atoms. The molecule has 0 saturated heterocycles. The third-order valence-electron chi connectivity index (χ3n) is 1.72. The van der Waals surface area contributed by atoms with Crippen LogP contribution in [0.15, 0.2) is 17.0 Å². The first-order valence-corrected chi connectivity index (χ1v) is 5.61. The van der Waals surface area contributed by atoms with Gasteiger partial charge in [0.2, 0.25) is 10.0 Å². The van der Waals surface area contributed by atoms with Crippen molar-refractivity contribution in [1.82, 2.24) is 4.72 Å². The standard InChI is InChI=1S/C8H10F2N2O2S/c1-2-12-15(13,14)6-4-3-5(9)8(11)7(6)10/h3-4,12H,2,11H2,1H3. The second kappa shape index (κ2) is 4.11. The van der Waals surface area contributed by atoms with Gasteiger partial charge in [-0.05, 0) is 12.1 Å².